The first kappa shape index (κ1) is 28.9. The number of aromatic nitrogens is 4. The van der Waals surface area contributed by atoms with Crippen molar-refractivity contribution in [3.05, 3.63) is 76.7 Å². The van der Waals surface area contributed by atoms with Gasteiger partial charge in [0.15, 0.2) is 11.6 Å². The van der Waals surface area contributed by atoms with Crippen LogP contribution in [0.1, 0.15) is 49.1 Å². The summed E-state index contributed by atoms with van der Waals surface area (Å²) >= 11 is 7.42. The van der Waals surface area contributed by atoms with E-state index in [1.807, 2.05) is 32.0 Å². The van der Waals surface area contributed by atoms with Crippen molar-refractivity contribution < 1.29 is 18.8 Å². The van der Waals surface area contributed by atoms with Crippen LogP contribution in [0.2, 0.25) is 5.02 Å². The Kier molecular flexibility index (Phi) is 7.98. The molecule has 0 unspecified atom stereocenters. The number of nitrogens with zero attached hydrogens (tertiary/aromatic N) is 5. The Bertz CT molecular complexity index is 1670. The highest BCUT2D eigenvalue weighted by atomic mass is 35.5. The Balaban J connectivity index is 1.39. The summed E-state index contributed by atoms with van der Waals surface area (Å²) in [5.74, 6) is -0.192. The first-order valence-corrected chi connectivity index (χ1v) is 14.5. The van der Waals surface area contributed by atoms with Gasteiger partial charge in [0, 0.05) is 41.4 Å². The van der Waals surface area contributed by atoms with Crippen LogP contribution >= 0.6 is 23.4 Å². The van der Waals surface area contributed by atoms with Crippen molar-refractivity contribution in [2.45, 2.75) is 57.9 Å². The van der Waals surface area contributed by atoms with Crippen molar-refractivity contribution in [2.75, 3.05) is 5.88 Å². The quantitative estimate of drug-likeness (QED) is 0.242. The Morgan fingerprint density at radius 2 is 1.85 bits per heavy atom. The maximum atomic E-state index is 14.4. The Morgan fingerprint density at radius 3 is 2.56 bits per heavy atom. The summed E-state index contributed by atoms with van der Waals surface area (Å²) in [7, 11) is 0. The maximum Gasteiger partial charge on any atom is 0.245 e. The number of benzene rings is 2. The van der Waals surface area contributed by atoms with Gasteiger partial charge in [-0.1, -0.05) is 29.8 Å². The number of carbonyl (C=O) groups is 3. The van der Waals surface area contributed by atoms with Gasteiger partial charge in [0.05, 0.1) is 16.4 Å². The van der Waals surface area contributed by atoms with E-state index in [1.54, 1.807) is 36.4 Å². The minimum Gasteiger partial charge on any atom is -0.320 e. The van der Waals surface area contributed by atoms with Gasteiger partial charge in [0.2, 0.25) is 5.91 Å². The fourth-order valence-corrected chi connectivity index (χ4v) is 6.55. The van der Waals surface area contributed by atoms with Crippen LogP contribution in [0.25, 0.3) is 22.0 Å². The second-order valence-corrected chi connectivity index (χ2v) is 12.6. The van der Waals surface area contributed by atoms with E-state index in [4.69, 9.17) is 11.6 Å². The highest BCUT2D eigenvalue weighted by molar-refractivity contribution is 8.00. The van der Waals surface area contributed by atoms with E-state index in [0.717, 1.165) is 11.1 Å². The van der Waals surface area contributed by atoms with Gasteiger partial charge in [-0.2, -0.15) is 5.10 Å². The van der Waals surface area contributed by atoms with Crippen LogP contribution in [0, 0.1) is 12.7 Å². The summed E-state index contributed by atoms with van der Waals surface area (Å²) in [4.78, 5) is 49.7. The smallest absolute Gasteiger partial charge is 0.245 e. The van der Waals surface area contributed by atoms with E-state index < -0.39 is 16.6 Å². The molecule has 0 N–H and O–H groups in total. The first-order chi connectivity index (χ1) is 19.5. The topological polar surface area (TPSA) is 98.1 Å². The normalized spacial score (nSPS) is 16.3. The minimum absolute atomic E-state index is 0.0132. The largest absolute Gasteiger partial charge is 0.320 e. The minimum atomic E-state index is -0.690. The fourth-order valence-electron chi connectivity index (χ4n) is 5.18. The van der Waals surface area contributed by atoms with Crippen LogP contribution in [0.15, 0.2) is 48.8 Å². The number of carbonyl (C=O) groups excluding carboxylic acids is 3. The number of rotatable bonds is 8. The molecule has 1 aliphatic heterocycles. The number of hydrogen-bond donors (Lipinski definition) is 0. The molecule has 4 aromatic rings. The van der Waals surface area contributed by atoms with Crippen molar-refractivity contribution >= 4 is 51.7 Å². The first-order valence-electron chi connectivity index (χ1n) is 13.2. The zero-order valence-electron chi connectivity index (χ0n) is 23.1. The van der Waals surface area contributed by atoms with Crippen LogP contribution < -0.4 is 0 Å². The number of ketones is 2. The lowest BCUT2D eigenvalue weighted by atomic mass is 9.93. The molecular formula is C30H29ClFN5O3S. The molecule has 0 spiro atoms. The van der Waals surface area contributed by atoms with Crippen molar-refractivity contribution in [3.63, 3.8) is 0 Å². The lowest BCUT2D eigenvalue weighted by molar-refractivity contribution is -0.139. The second kappa shape index (κ2) is 11.3. The summed E-state index contributed by atoms with van der Waals surface area (Å²) in [6.45, 7) is 6.97. The number of halogens is 2. The molecule has 1 saturated heterocycles. The number of aryl methyl sites for hydroxylation is 2. The zero-order valence-corrected chi connectivity index (χ0v) is 24.7. The third-order valence-electron chi connectivity index (χ3n) is 7.33. The lowest BCUT2D eigenvalue weighted by Crippen LogP contribution is -2.49. The Morgan fingerprint density at radius 1 is 1.12 bits per heavy atom. The number of thioether (sulfide) groups is 1. The molecule has 0 saturated carbocycles. The predicted molar refractivity (Wildman–Crippen MR) is 157 cm³/mol. The van der Waals surface area contributed by atoms with Crippen molar-refractivity contribution in [1.29, 1.82) is 0 Å². The Labute approximate surface area is 246 Å². The summed E-state index contributed by atoms with van der Waals surface area (Å²) in [6.07, 6.45) is 3.69. The third kappa shape index (κ3) is 5.76. The van der Waals surface area contributed by atoms with E-state index in [-0.39, 0.29) is 47.6 Å². The summed E-state index contributed by atoms with van der Waals surface area (Å²) in [6, 6.07) is 9.58. The van der Waals surface area contributed by atoms with Gasteiger partial charge in [0.25, 0.3) is 0 Å². The number of fused-ring (bicyclic) bond motifs is 1. The van der Waals surface area contributed by atoms with Crippen LogP contribution in [0.3, 0.4) is 0 Å². The number of Topliss-reactive ketones (excluding diaryl/α,β-unsaturated/α-hetero) is 2. The molecule has 1 amide bonds. The molecule has 2 aromatic carbocycles. The van der Waals surface area contributed by atoms with Crippen molar-refractivity contribution in [3.8, 4) is 11.1 Å². The summed E-state index contributed by atoms with van der Waals surface area (Å²) < 4.78 is 15.4. The average molecular weight is 594 g/mol. The molecule has 8 nitrogen and oxygen atoms in total. The highest BCUT2D eigenvalue weighted by Gasteiger charge is 2.47. The monoisotopic (exact) mass is 593 g/mol. The highest BCUT2D eigenvalue weighted by Crippen LogP contribution is 2.40. The van der Waals surface area contributed by atoms with E-state index in [2.05, 4.69) is 15.1 Å². The van der Waals surface area contributed by atoms with Gasteiger partial charge in [-0.3, -0.25) is 19.1 Å². The molecule has 3 heterocycles. The van der Waals surface area contributed by atoms with E-state index in [1.165, 1.54) is 29.4 Å². The number of hydrogen-bond acceptors (Lipinski definition) is 7. The van der Waals surface area contributed by atoms with E-state index in [0.29, 0.717) is 28.2 Å². The van der Waals surface area contributed by atoms with Crippen LogP contribution in [-0.4, -0.2) is 58.8 Å². The van der Waals surface area contributed by atoms with Crippen molar-refractivity contribution in [1.82, 2.24) is 24.6 Å². The van der Waals surface area contributed by atoms with Gasteiger partial charge >= 0.3 is 0 Å². The molecule has 41 heavy (non-hydrogen) atoms. The molecule has 212 valence electrons. The molecule has 1 fully saturated rings. The fraction of sp³-hybridized carbons (Fsp3) is 0.333. The van der Waals surface area contributed by atoms with Crippen LogP contribution in [-0.2, 0) is 22.6 Å². The summed E-state index contributed by atoms with van der Waals surface area (Å²) in [5.41, 5.74) is 2.88. The average Bonchev–Trinajstić information content (AvgIpc) is 3.46. The molecule has 1 atom stereocenters. The van der Waals surface area contributed by atoms with Crippen LogP contribution in [0.5, 0.6) is 0 Å². The van der Waals surface area contributed by atoms with Gasteiger partial charge < -0.3 is 4.90 Å². The summed E-state index contributed by atoms with van der Waals surface area (Å²) in [5, 5.41) is 5.13. The van der Waals surface area contributed by atoms with Crippen LogP contribution in [0.4, 0.5) is 4.39 Å². The molecular weight excluding hydrogens is 565 g/mol. The lowest BCUT2D eigenvalue weighted by Gasteiger charge is -2.30. The van der Waals surface area contributed by atoms with Gasteiger partial charge in [-0.15, -0.1) is 11.8 Å². The molecule has 5 rings (SSSR count). The molecule has 2 aromatic heterocycles. The second-order valence-electron chi connectivity index (χ2n) is 10.6. The SMILES string of the molecule is CC(=O)c1nn(CC(=O)N2CSC(C)(C)[C@H]2C(=O)CCc2cccc(Cl)c2F)c2ccc(-c3cnc(C)nc3)cc12. The number of amides is 1. The van der Waals surface area contributed by atoms with E-state index in [9.17, 15) is 18.8 Å². The van der Waals surface area contributed by atoms with Gasteiger partial charge in [-0.25, -0.2) is 14.4 Å². The molecule has 0 radical (unpaired) electrons. The standard InChI is InChI=1S/C30H29ClFN5O3S/c1-17(38)28-22-12-20(21-13-33-18(2)34-14-21)8-10-24(22)37(35-28)15-26(40)36-16-41-30(3,4)29(36)25(39)11-9-19-6-5-7-23(31)27(19)32/h5-8,10,12-14,29H,9,11,15-16H2,1-4H3/t29-/m1/s1. The molecule has 1 aliphatic rings. The van der Waals surface area contributed by atoms with Crippen molar-refractivity contribution in [2.24, 2.45) is 0 Å². The molecule has 0 bridgehead atoms. The van der Waals surface area contributed by atoms with Gasteiger partial charge in [0.1, 0.15) is 29.9 Å². The molecule has 0 aliphatic carbocycles. The third-order valence-corrected chi connectivity index (χ3v) is 8.99. The predicted octanol–water partition coefficient (Wildman–Crippen LogP) is 5.68. The maximum absolute atomic E-state index is 14.4. The zero-order chi connectivity index (χ0) is 29.5. The van der Waals surface area contributed by atoms with Gasteiger partial charge in [-0.05, 0) is 56.5 Å². The van der Waals surface area contributed by atoms with E-state index >= 15 is 0 Å². The Hall–Kier alpha value is -3.63. The molecule has 11 heteroatoms.